The average molecular weight is 504 g/mol. The molecule has 31 heavy (non-hydrogen) atoms. The SMILES string of the molecule is C=CCOC(=O)C1=C(SC2CCS(=O)C2)S[C@@H]2[C@@H]([C@@H](C)O[Si](C)(C)C(C)(C)C)C(=O)N12. The molecule has 174 valence electrons. The van der Waals surface area contributed by atoms with Gasteiger partial charge in [0, 0.05) is 27.6 Å². The quantitative estimate of drug-likeness (QED) is 0.214. The molecule has 0 N–H and O–H groups in total. The fourth-order valence-electron chi connectivity index (χ4n) is 3.61. The van der Waals surface area contributed by atoms with Crippen LogP contribution in [0.15, 0.2) is 22.6 Å². The molecule has 0 radical (unpaired) electrons. The molecule has 0 bridgehead atoms. The molecule has 6 nitrogen and oxygen atoms in total. The molecule has 3 aliphatic rings. The van der Waals surface area contributed by atoms with Gasteiger partial charge in [0.1, 0.15) is 12.0 Å². The minimum atomic E-state index is -2.03. The van der Waals surface area contributed by atoms with E-state index < -0.39 is 25.1 Å². The van der Waals surface area contributed by atoms with Gasteiger partial charge >= 0.3 is 5.97 Å². The second-order valence-electron chi connectivity index (χ2n) is 9.69. The van der Waals surface area contributed by atoms with E-state index in [2.05, 4.69) is 40.4 Å². The third-order valence-electron chi connectivity index (χ3n) is 6.38. The Kier molecular flexibility index (Phi) is 7.57. The third kappa shape index (κ3) is 5.02. The first-order chi connectivity index (χ1) is 14.4. The lowest BCUT2D eigenvalue weighted by Crippen LogP contribution is -2.62. The number of carbonyl (C=O) groups is 2. The monoisotopic (exact) mass is 503 g/mol. The van der Waals surface area contributed by atoms with Crippen molar-refractivity contribution in [2.45, 2.75) is 69.0 Å². The highest BCUT2D eigenvalue weighted by Crippen LogP contribution is 2.56. The van der Waals surface area contributed by atoms with Crippen molar-refractivity contribution in [3.05, 3.63) is 22.6 Å². The topological polar surface area (TPSA) is 72.9 Å². The van der Waals surface area contributed by atoms with E-state index in [1.807, 2.05) is 6.92 Å². The number of ether oxygens (including phenoxy) is 1. The van der Waals surface area contributed by atoms with Crippen molar-refractivity contribution in [3.63, 3.8) is 0 Å². The maximum Gasteiger partial charge on any atom is 0.357 e. The van der Waals surface area contributed by atoms with Crippen LogP contribution in [0.4, 0.5) is 0 Å². The second-order valence-corrected chi connectivity index (χ2v) is 18.8. The summed E-state index contributed by atoms with van der Waals surface area (Å²) in [7, 11) is -2.83. The largest absolute Gasteiger partial charge is 0.457 e. The molecule has 0 aromatic heterocycles. The molecule has 0 aromatic carbocycles. The summed E-state index contributed by atoms with van der Waals surface area (Å²) in [6.07, 6.45) is 2.14. The first-order valence-corrected chi connectivity index (χ1v) is 16.7. The predicted octanol–water partition coefficient (Wildman–Crippen LogP) is 4.08. The molecule has 0 spiro atoms. The Labute approximate surface area is 197 Å². The lowest BCUT2D eigenvalue weighted by atomic mass is 9.92. The van der Waals surface area contributed by atoms with Gasteiger partial charge < -0.3 is 9.16 Å². The first-order valence-electron chi connectivity index (χ1n) is 10.6. The summed E-state index contributed by atoms with van der Waals surface area (Å²) in [4.78, 5) is 27.5. The van der Waals surface area contributed by atoms with Gasteiger partial charge in [0.15, 0.2) is 14.0 Å². The molecule has 2 fully saturated rings. The van der Waals surface area contributed by atoms with Crippen LogP contribution in [0.2, 0.25) is 18.1 Å². The van der Waals surface area contributed by atoms with Crippen molar-refractivity contribution < 1.29 is 23.0 Å². The molecule has 0 aromatic rings. The van der Waals surface area contributed by atoms with Crippen LogP contribution in [0.3, 0.4) is 0 Å². The molecule has 5 atom stereocenters. The van der Waals surface area contributed by atoms with E-state index in [9.17, 15) is 13.8 Å². The normalized spacial score (nSPS) is 29.6. The molecule has 3 heterocycles. The fourth-order valence-corrected chi connectivity index (χ4v) is 10.3. The Bertz CT molecular complexity index is 822. The zero-order chi connectivity index (χ0) is 23.1. The third-order valence-corrected chi connectivity index (χ3v) is 15.5. The molecule has 0 saturated carbocycles. The smallest absolute Gasteiger partial charge is 0.357 e. The zero-order valence-electron chi connectivity index (χ0n) is 19.1. The lowest BCUT2D eigenvalue weighted by molar-refractivity contribution is -0.157. The number of thioether (sulfide) groups is 2. The van der Waals surface area contributed by atoms with Gasteiger partial charge in [-0.2, -0.15) is 0 Å². The Morgan fingerprint density at radius 3 is 2.68 bits per heavy atom. The number of β-lactam (4-membered cyclic amide) rings is 1. The van der Waals surface area contributed by atoms with Crippen LogP contribution < -0.4 is 0 Å². The number of hydrogen-bond acceptors (Lipinski definition) is 7. The van der Waals surface area contributed by atoms with Crippen LogP contribution in [0.25, 0.3) is 0 Å². The van der Waals surface area contributed by atoms with E-state index in [1.54, 1.807) is 28.4 Å². The van der Waals surface area contributed by atoms with Crippen molar-refractivity contribution in [2.75, 3.05) is 18.1 Å². The van der Waals surface area contributed by atoms with Gasteiger partial charge in [-0.25, -0.2) is 4.79 Å². The first kappa shape index (κ1) is 25.1. The summed E-state index contributed by atoms with van der Waals surface area (Å²) in [5, 5.41) is 0.0831. The highest BCUT2D eigenvalue weighted by molar-refractivity contribution is 8.23. The van der Waals surface area contributed by atoms with Crippen molar-refractivity contribution in [2.24, 2.45) is 5.92 Å². The van der Waals surface area contributed by atoms with Gasteiger partial charge in [-0.15, -0.1) is 11.8 Å². The molecule has 10 heteroatoms. The zero-order valence-corrected chi connectivity index (χ0v) is 22.6. The Morgan fingerprint density at radius 2 is 2.13 bits per heavy atom. The maximum atomic E-state index is 13.2. The number of amides is 1. The van der Waals surface area contributed by atoms with E-state index in [4.69, 9.17) is 9.16 Å². The molecule has 0 aliphatic carbocycles. The van der Waals surface area contributed by atoms with Crippen LogP contribution >= 0.6 is 23.5 Å². The van der Waals surface area contributed by atoms with Gasteiger partial charge in [-0.05, 0) is 31.5 Å². The maximum absolute atomic E-state index is 13.2. The molecule has 3 rings (SSSR count). The van der Waals surface area contributed by atoms with Crippen LogP contribution in [0, 0.1) is 5.92 Å². The molecule has 2 unspecified atom stereocenters. The van der Waals surface area contributed by atoms with E-state index in [0.717, 1.165) is 10.7 Å². The summed E-state index contributed by atoms with van der Waals surface area (Å²) in [5.74, 6) is 0.437. The Morgan fingerprint density at radius 1 is 1.45 bits per heavy atom. The Balaban J connectivity index is 1.78. The summed E-state index contributed by atoms with van der Waals surface area (Å²) in [6.45, 7) is 16.6. The van der Waals surface area contributed by atoms with Gasteiger partial charge in [0.05, 0.1) is 16.3 Å². The number of nitrogens with zero attached hydrogens (tertiary/aromatic N) is 1. The van der Waals surface area contributed by atoms with Crippen LogP contribution in [0.1, 0.15) is 34.1 Å². The van der Waals surface area contributed by atoms with Crippen molar-refractivity contribution in [1.82, 2.24) is 4.90 Å². The summed E-state index contributed by atoms with van der Waals surface area (Å²) < 4.78 is 24.4. The summed E-state index contributed by atoms with van der Waals surface area (Å²) in [5.41, 5.74) is 0.334. The number of hydrogen-bond donors (Lipinski definition) is 0. The minimum absolute atomic E-state index is 0.0492. The number of esters is 1. The predicted molar refractivity (Wildman–Crippen MR) is 132 cm³/mol. The van der Waals surface area contributed by atoms with Gasteiger partial charge in [0.2, 0.25) is 5.91 Å². The standard InChI is InChI=1S/C21H33NO5S3Si/c1-8-10-26-19(24)16-20(28-14-9-11-30(25)12-14)29-18-15(17(23)22(16)18)13(2)27-31(6,7)21(3,4)5/h8,13-15,18H,1,9-12H2,2-7H3/t13-,14?,15+,18-,30?/m1/s1. The Hall–Kier alpha value is -0.553. The highest BCUT2D eigenvalue weighted by atomic mass is 32.2. The minimum Gasteiger partial charge on any atom is -0.457 e. The van der Waals surface area contributed by atoms with E-state index in [-0.39, 0.29) is 40.2 Å². The van der Waals surface area contributed by atoms with E-state index in [0.29, 0.717) is 17.2 Å². The van der Waals surface area contributed by atoms with Gasteiger partial charge in [-0.3, -0.25) is 13.9 Å². The number of carbonyl (C=O) groups excluding carboxylic acids is 2. The molecule has 3 aliphatic heterocycles. The van der Waals surface area contributed by atoms with Crippen molar-refractivity contribution in [1.29, 1.82) is 0 Å². The lowest BCUT2D eigenvalue weighted by Gasteiger charge is -2.48. The van der Waals surface area contributed by atoms with E-state index >= 15 is 0 Å². The molecule has 1 amide bonds. The molecular weight excluding hydrogens is 471 g/mol. The van der Waals surface area contributed by atoms with Crippen LogP contribution in [-0.4, -0.2) is 64.1 Å². The molecular formula is C21H33NO5S3Si. The number of fused-ring (bicyclic) bond motifs is 1. The average Bonchev–Trinajstić information content (AvgIpc) is 3.19. The highest BCUT2D eigenvalue weighted by Gasteiger charge is 2.59. The molecule has 2 saturated heterocycles. The van der Waals surface area contributed by atoms with Crippen molar-refractivity contribution >= 4 is 54.5 Å². The van der Waals surface area contributed by atoms with E-state index in [1.165, 1.54) is 6.08 Å². The number of rotatable bonds is 8. The van der Waals surface area contributed by atoms with Crippen LogP contribution in [-0.2, 0) is 29.6 Å². The van der Waals surface area contributed by atoms with Gasteiger partial charge in [-0.1, -0.05) is 45.2 Å². The second kappa shape index (κ2) is 9.36. The van der Waals surface area contributed by atoms with Gasteiger partial charge in [0.25, 0.3) is 0 Å². The fraction of sp³-hybridized carbons (Fsp3) is 0.714. The van der Waals surface area contributed by atoms with Crippen LogP contribution in [0.5, 0.6) is 0 Å². The van der Waals surface area contributed by atoms with Crippen molar-refractivity contribution in [3.8, 4) is 0 Å². The summed E-state index contributed by atoms with van der Waals surface area (Å²) >= 11 is 3.12. The summed E-state index contributed by atoms with van der Waals surface area (Å²) in [6, 6.07) is 0.